The minimum absolute atomic E-state index is 0.122. The van der Waals surface area contributed by atoms with Gasteiger partial charge in [-0.1, -0.05) is 0 Å². The number of carbonyl (C=O) groups excluding carboxylic acids is 1. The van der Waals surface area contributed by atoms with Crippen molar-refractivity contribution in [1.82, 2.24) is 15.3 Å². The second-order valence-electron chi connectivity index (χ2n) is 4.94. The first-order chi connectivity index (χ1) is 9.01. The predicted octanol–water partition coefficient (Wildman–Crippen LogP) is 1.32. The maximum atomic E-state index is 12.2. The number of carbonyl (C=O) groups is 1. The van der Waals surface area contributed by atoms with E-state index in [2.05, 4.69) is 15.3 Å². The van der Waals surface area contributed by atoms with Crippen LogP contribution in [0.1, 0.15) is 34.7 Å². The third kappa shape index (κ3) is 3.25. The molecule has 0 unspecified atom stereocenters. The molecule has 6 heteroatoms. The van der Waals surface area contributed by atoms with Crippen molar-refractivity contribution in [3.05, 3.63) is 17.1 Å². The van der Waals surface area contributed by atoms with E-state index in [1.54, 1.807) is 0 Å². The van der Waals surface area contributed by atoms with Crippen LogP contribution in [0.5, 0.6) is 0 Å². The van der Waals surface area contributed by atoms with Gasteiger partial charge in [-0.2, -0.15) is 0 Å². The van der Waals surface area contributed by atoms with Gasteiger partial charge in [-0.3, -0.25) is 4.79 Å². The average Bonchev–Trinajstić information content (AvgIpc) is 2.31. The van der Waals surface area contributed by atoms with Crippen LogP contribution in [-0.2, 0) is 0 Å². The standard InChI is InChI=1S/C13H19N3O2S/c1-7-11(13(19-3)16-8(2)15-7)12(18)14-6-9-4-10(17)5-9/h9-10,17H,4-6H2,1-3H3,(H,14,18). The van der Waals surface area contributed by atoms with Crippen molar-refractivity contribution in [2.45, 2.75) is 37.8 Å². The number of aryl methyl sites for hydroxylation is 2. The Morgan fingerprint density at radius 1 is 1.42 bits per heavy atom. The number of aliphatic hydroxyl groups is 1. The molecule has 1 aromatic heterocycles. The van der Waals surface area contributed by atoms with Crippen LogP contribution in [0.25, 0.3) is 0 Å². The second-order valence-corrected chi connectivity index (χ2v) is 5.74. The van der Waals surface area contributed by atoms with Gasteiger partial charge in [-0.25, -0.2) is 9.97 Å². The number of thioether (sulfide) groups is 1. The Hall–Kier alpha value is -1.14. The van der Waals surface area contributed by atoms with Gasteiger partial charge in [0, 0.05) is 6.54 Å². The van der Waals surface area contributed by atoms with Crippen molar-refractivity contribution in [3.63, 3.8) is 0 Å². The quantitative estimate of drug-likeness (QED) is 0.643. The van der Waals surface area contributed by atoms with Gasteiger partial charge in [0.25, 0.3) is 5.91 Å². The largest absolute Gasteiger partial charge is 0.393 e. The molecule has 0 spiro atoms. The molecule has 0 aromatic carbocycles. The van der Waals surface area contributed by atoms with Crippen LogP contribution in [0.15, 0.2) is 5.03 Å². The monoisotopic (exact) mass is 281 g/mol. The first kappa shape index (κ1) is 14.3. The van der Waals surface area contributed by atoms with Gasteiger partial charge in [-0.15, -0.1) is 11.8 Å². The number of rotatable bonds is 4. The SMILES string of the molecule is CSc1nc(C)nc(C)c1C(=O)NCC1CC(O)C1. The van der Waals surface area contributed by atoms with E-state index in [0.717, 1.165) is 17.9 Å². The number of nitrogens with one attached hydrogen (secondary N) is 1. The van der Waals surface area contributed by atoms with E-state index in [9.17, 15) is 9.90 Å². The smallest absolute Gasteiger partial charge is 0.255 e. The highest BCUT2D eigenvalue weighted by molar-refractivity contribution is 7.98. The van der Waals surface area contributed by atoms with Crippen LogP contribution >= 0.6 is 11.8 Å². The summed E-state index contributed by atoms with van der Waals surface area (Å²) in [4.78, 5) is 20.8. The molecule has 19 heavy (non-hydrogen) atoms. The number of aliphatic hydroxyl groups excluding tert-OH is 1. The van der Waals surface area contributed by atoms with Crippen molar-refractivity contribution in [2.24, 2.45) is 5.92 Å². The Morgan fingerprint density at radius 2 is 2.11 bits per heavy atom. The molecule has 1 saturated carbocycles. The van der Waals surface area contributed by atoms with Gasteiger partial charge in [0.2, 0.25) is 0 Å². The number of nitrogens with zero attached hydrogens (tertiary/aromatic N) is 2. The summed E-state index contributed by atoms with van der Waals surface area (Å²) in [5, 5.41) is 12.9. The second kappa shape index (κ2) is 5.88. The summed E-state index contributed by atoms with van der Waals surface area (Å²) in [5.74, 6) is 0.951. The molecule has 5 nitrogen and oxygen atoms in total. The molecular weight excluding hydrogens is 262 g/mol. The molecule has 1 heterocycles. The molecule has 1 aliphatic carbocycles. The summed E-state index contributed by atoms with van der Waals surface area (Å²) in [6.07, 6.45) is 3.27. The van der Waals surface area contributed by atoms with E-state index >= 15 is 0 Å². The minimum atomic E-state index is -0.187. The lowest BCUT2D eigenvalue weighted by molar-refractivity contribution is 0.0419. The molecule has 0 atom stereocenters. The van der Waals surface area contributed by atoms with Gasteiger partial charge < -0.3 is 10.4 Å². The molecule has 0 bridgehead atoms. The zero-order chi connectivity index (χ0) is 14.0. The summed E-state index contributed by atoms with van der Waals surface area (Å²) in [5.41, 5.74) is 1.28. The highest BCUT2D eigenvalue weighted by atomic mass is 32.2. The van der Waals surface area contributed by atoms with Gasteiger partial charge in [-0.05, 0) is 38.9 Å². The summed E-state index contributed by atoms with van der Waals surface area (Å²) < 4.78 is 0. The lowest BCUT2D eigenvalue weighted by atomic mass is 9.82. The number of hydrogen-bond donors (Lipinski definition) is 2. The lowest BCUT2D eigenvalue weighted by Crippen LogP contribution is -2.38. The third-order valence-electron chi connectivity index (χ3n) is 3.35. The zero-order valence-corrected chi connectivity index (χ0v) is 12.3. The van der Waals surface area contributed by atoms with E-state index in [1.807, 2.05) is 20.1 Å². The summed E-state index contributed by atoms with van der Waals surface area (Å²) >= 11 is 1.45. The Morgan fingerprint density at radius 3 is 2.68 bits per heavy atom. The topological polar surface area (TPSA) is 75.1 Å². The maximum absolute atomic E-state index is 12.2. The Labute approximate surface area is 117 Å². The van der Waals surface area contributed by atoms with Crippen molar-refractivity contribution in [2.75, 3.05) is 12.8 Å². The van der Waals surface area contributed by atoms with Crippen LogP contribution < -0.4 is 5.32 Å². The first-order valence-electron chi connectivity index (χ1n) is 6.36. The van der Waals surface area contributed by atoms with Crippen LogP contribution in [-0.4, -0.2) is 39.9 Å². The van der Waals surface area contributed by atoms with Gasteiger partial charge >= 0.3 is 0 Å². The highest BCUT2D eigenvalue weighted by Gasteiger charge is 2.28. The normalized spacial score (nSPS) is 21.9. The van der Waals surface area contributed by atoms with Gasteiger partial charge in [0.1, 0.15) is 10.9 Å². The van der Waals surface area contributed by atoms with Crippen LogP contribution in [0, 0.1) is 19.8 Å². The van der Waals surface area contributed by atoms with Crippen molar-refractivity contribution >= 4 is 17.7 Å². The third-order valence-corrected chi connectivity index (χ3v) is 4.03. The van der Waals surface area contributed by atoms with Crippen molar-refractivity contribution in [3.8, 4) is 0 Å². The molecule has 2 N–H and O–H groups in total. The molecule has 0 aliphatic heterocycles. The fourth-order valence-electron chi connectivity index (χ4n) is 2.28. The Bertz CT molecular complexity index is 487. The van der Waals surface area contributed by atoms with E-state index in [1.165, 1.54) is 11.8 Å². The summed E-state index contributed by atoms with van der Waals surface area (Å²) in [6, 6.07) is 0. The fourth-order valence-corrected chi connectivity index (χ4v) is 2.95. The fraction of sp³-hybridized carbons (Fsp3) is 0.615. The van der Waals surface area contributed by atoms with Gasteiger partial charge in [0.15, 0.2) is 0 Å². The van der Waals surface area contributed by atoms with Crippen molar-refractivity contribution < 1.29 is 9.90 Å². The number of aromatic nitrogens is 2. The number of amides is 1. The predicted molar refractivity (Wildman–Crippen MR) is 74.4 cm³/mol. The van der Waals surface area contributed by atoms with E-state index in [0.29, 0.717) is 29.5 Å². The van der Waals surface area contributed by atoms with Crippen LogP contribution in [0.4, 0.5) is 0 Å². The highest BCUT2D eigenvalue weighted by Crippen LogP contribution is 2.26. The average molecular weight is 281 g/mol. The molecule has 1 aromatic rings. The molecule has 104 valence electrons. The van der Waals surface area contributed by atoms with E-state index in [4.69, 9.17) is 0 Å². The van der Waals surface area contributed by atoms with E-state index < -0.39 is 0 Å². The van der Waals surface area contributed by atoms with Crippen LogP contribution in [0.3, 0.4) is 0 Å². The van der Waals surface area contributed by atoms with E-state index in [-0.39, 0.29) is 12.0 Å². The maximum Gasteiger partial charge on any atom is 0.255 e. The lowest BCUT2D eigenvalue weighted by Gasteiger charge is -2.31. The molecule has 1 amide bonds. The summed E-state index contributed by atoms with van der Waals surface area (Å²) in [7, 11) is 0. The molecule has 0 saturated heterocycles. The Kier molecular flexibility index (Phi) is 4.42. The number of hydrogen-bond acceptors (Lipinski definition) is 5. The Balaban J connectivity index is 2.05. The first-order valence-corrected chi connectivity index (χ1v) is 7.59. The minimum Gasteiger partial charge on any atom is -0.393 e. The molecule has 0 radical (unpaired) electrons. The zero-order valence-electron chi connectivity index (χ0n) is 11.4. The van der Waals surface area contributed by atoms with Crippen molar-refractivity contribution in [1.29, 1.82) is 0 Å². The molecule has 2 rings (SSSR count). The van der Waals surface area contributed by atoms with Crippen LogP contribution in [0.2, 0.25) is 0 Å². The molecule has 1 fully saturated rings. The molecule has 1 aliphatic rings. The van der Waals surface area contributed by atoms with Gasteiger partial charge in [0.05, 0.1) is 17.4 Å². The molecular formula is C13H19N3O2S. The summed E-state index contributed by atoms with van der Waals surface area (Å²) in [6.45, 7) is 4.26.